The molecular formula is C12H16BrN3O2. The van der Waals surface area contributed by atoms with Crippen LogP contribution in [-0.2, 0) is 4.79 Å². The van der Waals surface area contributed by atoms with Crippen LogP contribution >= 0.6 is 15.9 Å². The molecule has 98 valence electrons. The first kappa shape index (κ1) is 13.1. The Bertz CT molecular complexity index is 466. The summed E-state index contributed by atoms with van der Waals surface area (Å²) in [6, 6.07) is 2.28. The van der Waals surface area contributed by atoms with Gasteiger partial charge in [0.25, 0.3) is 5.91 Å². The van der Waals surface area contributed by atoms with Gasteiger partial charge in [0.2, 0.25) is 5.91 Å². The lowest BCUT2D eigenvalue weighted by Gasteiger charge is -2.08. The summed E-state index contributed by atoms with van der Waals surface area (Å²) in [6.45, 7) is 0.467. The highest BCUT2D eigenvalue weighted by molar-refractivity contribution is 9.10. The molecule has 0 saturated heterocycles. The summed E-state index contributed by atoms with van der Waals surface area (Å²) in [5.74, 6) is -0.439. The van der Waals surface area contributed by atoms with Crippen molar-refractivity contribution in [1.29, 1.82) is 0 Å². The number of carbonyl (C=O) groups excluding carboxylic acids is 2. The van der Waals surface area contributed by atoms with Gasteiger partial charge in [0.05, 0.1) is 0 Å². The Morgan fingerprint density at radius 1 is 1.50 bits per heavy atom. The predicted molar refractivity (Wildman–Crippen MR) is 71.2 cm³/mol. The van der Waals surface area contributed by atoms with Crippen LogP contribution in [0.5, 0.6) is 0 Å². The molecular weight excluding hydrogens is 298 g/mol. The number of rotatable bonds is 6. The SMILES string of the molecule is NC(=O)CCCNC(=O)c1cc(Br)cn1C1CC1. The Morgan fingerprint density at radius 3 is 2.83 bits per heavy atom. The van der Waals surface area contributed by atoms with Crippen LogP contribution in [0.4, 0.5) is 0 Å². The fourth-order valence-corrected chi connectivity index (χ4v) is 2.27. The van der Waals surface area contributed by atoms with E-state index in [2.05, 4.69) is 21.2 Å². The molecule has 0 aliphatic heterocycles. The largest absolute Gasteiger partial charge is 0.370 e. The number of primary amides is 1. The molecule has 2 amide bonds. The van der Waals surface area contributed by atoms with Crippen LogP contribution in [0.3, 0.4) is 0 Å². The van der Waals surface area contributed by atoms with Crippen LogP contribution in [0.25, 0.3) is 0 Å². The molecule has 1 aromatic heterocycles. The first-order valence-corrected chi connectivity index (χ1v) is 6.81. The molecule has 0 atom stereocenters. The zero-order chi connectivity index (χ0) is 13.1. The maximum absolute atomic E-state index is 12.0. The maximum atomic E-state index is 12.0. The van der Waals surface area contributed by atoms with Crippen LogP contribution < -0.4 is 11.1 Å². The van der Waals surface area contributed by atoms with Crippen molar-refractivity contribution in [3.63, 3.8) is 0 Å². The van der Waals surface area contributed by atoms with Gasteiger partial charge in [-0.25, -0.2) is 0 Å². The third-order valence-corrected chi connectivity index (χ3v) is 3.31. The first-order chi connectivity index (χ1) is 8.58. The minimum Gasteiger partial charge on any atom is -0.370 e. The molecule has 1 aliphatic rings. The number of aromatic nitrogens is 1. The lowest BCUT2D eigenvalue weighted by molar-refractivity contribution is -0.118. The van der Waals surface area contributed by atoms with Crippen LogP contribution in [-0.4, -0.2) is 22.9 Å². The van der Waals surface area contributed by atoms with Crippen LogP contribution in [0.15, 0.2) is 16.7 Å². The van der Waals surface area contributed by atoms with Crippen molar-refractivity contribution in [2.24, 2.45) is 5.73 Å². The van der Waals surface area contributed by atoms with Crippen molar-refractivity contribution >= 4 is 27.7 Å². The number of hydrogen-bond donors (Lipinski definition) is 2. The fraction of sp³-hybridized carbons (Fsp3) is 0.500. The minimum absolute atomic E-state index is 0.0999. The Hall–Kier alpha value is -1.30. The standard InChI is InChI=1S/C12H16BrN3O2/c13-8-6-10(16(7-8)9-3-4-9)12(18)15-5-1-2-11(14)17/h6-7,9H,1-5H2,(H2,14,17)(H,15,18). The molecule has 18 heavy (non-hydrogen) atoms. The second-order valence-electron chi connectivity index (χ2n) is 4.51. The normalized spacial score (nSPS) is 14.5. The van der Waals surface area contributed by atoms with Crippen LogP contribution in [0.1, 0.15) is 42.2 Å². The smallest absolute Gasteiger partial charge is 0.267 e. The van der Waals surface area contributed by atoms with Gasteiger partial charge in [-0.05, 0) is 41.3 Å². The molecule has 0 radical (unpaired) electrons. The predicted octanol–water partition coefficient (Wildman–Crippen LogP) is 1.58. The van der Waals surface area contributed by atoms with Crippen molar-refractivity contribution in [3.8, 4) is 0 Å². The van der Waals surface area contributed by atoms with E-state index in [1.807, 2.05) is 16.8 Å². The average Bonchev–Trinajstić information content (AvgIpc) is 3.07. The third kappa shape index (κ3) is 3.35. The number of carbonyl (C=O) groups is 2. The summed E-state index contributed by atoms with van der Waals surface area (Å²) in [5.41, 5.74) is 5.70. The number of nitrogens with two attached hydrogens (primary N) is 1. The van der Waals surface area contributed by atoms with Gasteiger partial charge in [-0.15, -0.1) is 0 Å². The Balaban J connectivity index is 1.90. The molecule has 0 spiro atoms. The lowest BCUT2D eigenvalue weighted by Crippen LogP contribution is -2.27. The summed E-state index contributed by atoms with van der Waals surface area (Å²) in [7, 11) is 0. The van der Waals surface area contributed by atoms with Crippen molar-refractivity contribution < 1.29 is 9.59 Å². The van der Waals surface area contributed by atoms with E-state index >= 15 is 0 Å². The lowest BCUT2D eigenvalue weighted by atomic mass is 10.3. The van der Waals surface area contributed by atoms with E-state index in [9.17, 15) is 9.59 Å². The van der Waals surface area contributed by atoms with E-state index in [-0.39, 0.29) is 11.8 Å². The summed E-state index contributed by atoms with van der Waals surface area (Å²) in [5, 5.41) is 2.80. The fourth-order valence-electron chi connectivity index (χ4n) is 1.84. The van der Waals surface area contributed by atoms with Crippen LogP contribution in [0.2, 0.25) is 0 Å². The average molecular weight is 314 g/mol. The Morgan fingerprint density at radius 2 is 2.22 bits per heavy atom. The number of halogens is 1. The summed E-state index contributed by atoms with van der Waals surface area (Å²) in [6.07, 6.45) is 5.07. The Labute approximate surface area is 114 Å². The van der Waals surface area contributed by atoms with E-state index in [0.717, 1.165) is 17.3 Å². The quantitative estimate of drug-likeness (QED) is 0.782. The molecule has 1 aromatic rings. The molecule has 0 bridgehead atoms. The van der Waals surface area contributed by atoms with E-state index in [1.54, 1.807) is 0 Å². The van der Waals surface area contributed by atoms with Gasteiger partial charge in [0.1, 0.15) is 5.69 Å². The van der Waals surface area contributed by atoms with Gasteiger partial charge in [-0.3, -0.25) is 9.59 Å². The van der Waals surface area contributed by atoms with Crippen molar-refractivity contribution in [2.75, 3.05) is 6.54 Å². The van der Waals surface area contributed by atoms with Gasteiger partial charge in [0, 0.05) is 29.7 Å². The van der Waals surface area contributed by atoms with E-state index in [0.29, 0.717) is 31.1 Å². The highest BCUT2D eigenvalue weighted by atomic mass is 79.9. The number of nitrogens with one attached hydrogen (secondary N) is 1. The minimum atomic E-state index is -0.339. The molecule has 6 heteroatoms. The van der Waals surface area contributed by atoms with Crippen LogP contribution in [0, 0.1) is 0 Å². The monoisotopic (exact) mass is 313 g/mol. The summed E-state index contributed by atoms with van der Waals surface area (Å²) < 4.78 is 2.92. The van der Waals surface area contributed by atoms with Gasteiger partial charge in [0.15, 0.2) is 0 Å². The van der Waals surface area contributed by atoms with Gasteiger partial charge < -0.3 is 15.6 Å². The molecule has 1 aliphatic carbocycles. The summed E-state index contributed by atoms with van der Waals surface area (Å²) >= 11 is 3.39. The molecule has 1 fully saturated rings. The highest BCUT2D eigenvalue weighted by Gasteiger charge is 2.27. The highest BCUT2D eigenvalue weighted by Crippen LogP contribution is 2.37. The van der Waals surface area contributed by atoms with Crippen molar-refractivity contribution in [1.82, 2.24) is 9.88 Å². The number of amides is 2. The second-order valence-corrected chi connectivity index (χ2v) is 5.42. The summed E-state index contributed by atoms with van der Waals surface area (Å²) in [4.78, 5) is 22.6. The first-order valence-electron chi connectivity index (χ1n) is 6.02. The van der Waals surface area contributed by atoms with E-state index in [1.165, 1.54) is 0 Å². The van der Waals surface area contributed by atoms with E-state index < -0.39 is 0 Å². The molecule has 5 nitrogen and oxygen atoms in total. The topological polar surface area (TPSA) is 77.1 Å². The zero-order valence-corrected chi connectivity index (χ0v) is 11.6. The number of nitrogens with zero attached hydrogens (tertiary/aromatic N) is 1. The molecule has 0 unspecified atom stereocenters. The second kappa shape index (κ2) is 5.56. The molecule has 0 aromatic carbocycles. The number of hydrogen-bond acceptors (Lipinski definition) is 2. The maximum Gasteiger partial charge on any atom is 0.267 e. The van der Waals surface area contributed by atoms with Crippen molar-refractivity contribution in [2.45, 2.75) is 31.7 Å². The van der Waals surface area contributed by atoms with Gasteiger partial charge >= 0.3 is 0 Å². The van der Waals surface area contributed by atoms with Gasteiger partial charge in [-0.2, -0.15) is 0 Å². The molecule has 1 heterocycles. The Kier molecular flexibility index (Phi) is 4.06. The third-order valence-electron chi connectivity index (χ3n) is 2.87. The molecule has 2 rings (SSSR count). The zero-order valence-electron chi connectivity index (χ0n) is 9.99. The molecule has 3 N–H and O–H groups in total. The van der Waals surface area contributed by atoms with Gasteiger partial charge in [-0.1, -0.05) is 0 Å². The van der Waals surface area contributed by atoms with Crippen molar-refractivity contribution in [3.05, 3.63) is 22.4 Å². The molecule has 1 saturated carbocycles. The van der Waals surface area contributed by atoms with E-state index in [4.69, 9.17) is 5.73 Å².